The van der Waals surface area contributed by atoms with Gasteiger partial charge in [0.2, 0.25) is 5.95 Å². The fraction of sp³-hybridized carbons (Fsp3) is 0.312. The van der Waals surface area contributed by atoms with Crippen molar-refractivity contribution in [2.75, 3.05) is 17.8 Å². The lowest BCUT2D eigenvalue weighted by molar-refractivity contribution is -0.0433. The standard InChI is InChI=1S/C16H18N6O4/c17-16-19-14(25)13-15(22(16)20-9-4-2-1-3-5-9)21(8-18-13)12-6-10(24)11(7-23)26-12/h1-5,8,10-12,20,23-24H,6-7H2,(H2,17,19,25)/t10-,11+,12+/m0/s1. The highest BCUT2D eigenvalue weighted by Crippen LogP contribution is 2.31. The number of aromatic nitrogens is 4. The summed E-state index contributed by atoms with van der Waals surface area (Å²) in [5.41, 5.74) is 9.71. The number of para-hydroxylation sites is 1. The van der Waals surface area contributed by atoms with Crippen LogP contribution in [0.25, 0.3) is 11.2 Å². The van der Waals surface area contributed by atoms with Gasteiger partial charge in [0.15, 0.2) is 11.2 Å². The highest BCUT2D eigenvalue weighted by atomic mass is 16.5. The number of imidazole rings is 1. The van der Waals surface area contributed by atoms with Crippen LogP contribution in [0.1, 0.15) is 12.6 Å². The molecule has 0 unspecified atom stereocenters. The largest absolute Gasteiger partial charge is 0.394 e. The summed E-state index contributed by atoms with van der Waals surface area (Å²) in [6, 6.07) is 9.25. The van der Waals surface area contributed by atoms with Gasteiger partial charge in [-0.3, -0.25) is 14.8 Å². The molecular formula is C16H18N6O4. The molecule has 3 atom stereocenters. The van der Waals surface area contributed by atoms with E-state index in [1.165, 1.54) is 11.0 Å². The second-order valence-corrected chi connectivity index (χ2v) is 6.03. The maximum Gasteiger partial charge on any atom is 0.302 e. The second kappa shape index (κ2) is 6.41. The van der Waals surface area contributed by atoms with Crippen LogP contribution >= 0.6 is 0 Å². The van der Waals surface area contributed by atoms with Gasteiger partial charge in [-0.15, -0.1) is 0 Å². The fourth-order valence-corrected chi connectivity index (χ4v) is 3.06. The van der Waals surface area contributed by atoms with Crippen molar-refractivity contribution in [3.05, 3.63) is 47.0 Å². The van der Waals surface area contributed by atoms with Crippen LogP contribution in [0, 0.1) is 0 Å². The molecule has 1 aliphatic rings. The number of nitrogen functional groups attached to an aromatic ring is 1. The summed E-state index contributed by atoms with van der Waals surface area (Å²) in [6.45, 7) is -0.303. The summed E-state index contributed by atoms with van der Waals surface area (Å²) in [5.74, 6) is -0.0367. The Morgan fingerprint density at radius 2 is 2.12 bits per heavy atom. The van der Waals surface area contributed by atoms with Crippen LogP contribution in [0.3, 0.4) is 0 Å². The smallest absolute Gasteiger partial charge is 0.302 e. The third kappa shape index (κ3) is 2.69. The first kappa shape index (κ1) is 16.5. The minimum atomic E-state index is -0.816. The van der Waals surface area contributed by atoms with Gasteiger partial charge in [0.25, 0.3) is 0 Å². The molecule has 1 aliphatic heterocycles. The van der Waals surface area contributed by atoms with Gasteiger partial charge in [0, 0.05) is 6.42 Å². The van der Waals surface area contributed by atoms with Crippen molar-refractivity contribution in [2.45, 2.75) is 24.9 Å². The maximum absolute atomic E-state index is 12.2. The summed E-state index contributed by atoms with van der Waals surface area (Å²) >= 11 is 0. The van der Waals surface area contributed by atoms with Crippen molar-refractivity contribution in [3.8, 4) is 0 Å². The number of rotatable bonds is 4. The van der Waals surface area contributed by atoms with Crippen LogP contribution in [0.15, 0.2) is 41.5 Å². The number of aliphatic hydroxyl groups excluding tert-OH is 2. The Balaban J connectivity index is 1.84. The Morgan fingerprint density at radius 3 is 2.81 bits per heavy atom. The molecule has 10 heteroatoms. The number of nitrogens with two attached hydrogens (primary N) is 1. The molecule has 136 valence electrons. The molecule has 4 rings (SSSR count). The molecule has 0 amide bonds. The van der Waals surface area contributed by atoms with Gasteiger partial charge >= 0.3 is 5.56 Å². The van der Waals surface area contributed by atoms with Gasteiger partial charge in [-0.25, -0.2) is 9.66 Å². The Kier molecular flexibility index (Phi) is 4.07. The Labute approximate surface area is 147 Å². The molecular weight excluding hydrogens is 340 g/mol. The highest BCUT2D eigenvalue weighted by Gasteiger charge is 2.35. The molecule has 26 heavy (non-hydrogen) atoms. The minimum Gasteiger partial charge on any atom is -0.394 e. The van der Waals surface area contributed by atoms with Crippen molar-refractivity contribution in [1.29, 1.82) is 0 Å². The number of benzene rings is 1. The third-order valence-corrected chi connectivity index (χ3v) is 4.34. The normalized spacial score (nSPS) is 22.8. The Bertz CT molecular complexity index is 986. The van der Waals surface area contributed by atoms with Crippen LogP contribution < -0.4 is 16.7 Å². The number of nitrogens with one attached hydrogen (secondary N) is 1. The van der Waals surface area contributed by atoms with Crippen LogP contribution in [-0.2, 0) is 4.74 Å². The molecule has 0 saturated carbocycles. The highest BCUT2D eigenvalue weighted by molar-refractivity contribution is 5.73. The summed E-state index contributed by atoms with van der Waals surface area (Å²) in [4.78, 5) is 20.1. The van der Waals surface area contributed by atoms with Gasteiger partial charge in [-0.1, -0.05) is 18.2 Å². The van der Waals surface area contributed by atoms with E-state index < -0.39 is 24.0 Å². The van der Waals surface area contributed by atoms with E-state index in [1.807, 2.05) is 30.3 Å². The maximum atomic E-state index is 12.2. The number of hydrogen-bond acceptors (Lipinski definition) is 8. The molecule has 0 radical (unpaired) electrons. The lowest BCUT2D eigenvalue weighted by Crippen LogP contribution is -2.25. The zero-order valence-electron chi connectivity index (χ0n) is 13.7. The topological polar surface area (TPSA) is 140 Å². The van der Waals surface area contributed by atoms with Gasteiger partial charge < -0.3 is 20.7 Å². The van der Waals surface area contributed by atoms with E-state index >= 15 is 0 Å². The molecule has 10 nitrogen and oxygen atoms in total. The van der Waals surface area contributed by atoms with Crippen LogP contribution in [0.2, 0.25) is 0 Å². The number of anilines is 2. The van der Waals surface area contributed by atoms with E-state index in [0.29, 0.717) is 5.65 Å². The lowest BCUT2D eigenvalue weighted by atomic mass is 10.2. The molecule has 0 bridgehead atoms. The molecule has 2 aromatic heterocycles. The van der Waals surface area contributed by atoms with Crippen LogP contribution in [0.5, 0.6) is 0 Å². The summed E-state index contributed by atoms with van der Waals surface area (Å²) in [5, 5.41) is 19.3. The zero-order valence-corrected chi connectivity index (χ0v) is 13.7. The number of hydrogen-bond donors (Lipinski definition) is 4. The summed E-state index contributed by atoms with van der Waals surface area (Å²) < 4.78 is 8.73. The first-order valence-electron chi connectivity index (χ1n) is 8.10. The third-order valence-electron chi connectivity index (χ3n) is 4.34. The molecule has 5 N–H and O–H groups in total. The van der Waals surface area contributed by atoms with E-state index in [1.54, 1.807) is 4.57 Å². The minimum absolute atomic E-state index is 0.0367. The molecule has 1 aromatic carbocycles. The summed E-state index contributed by atoms with van der Waals surface area (Å²) in [7, 11) is 0. The second-order valence-electron chi connectivity index (χ2n) is 6.03. The fourth-order valence-electron chi connectivity index (χ4n) is 3.06. The van der Waals surface area contributed by atoms with Gasteiger partial charge in [-0.05, 0) is 12.1 Å². The number of aliphatic hydroxyl groups is 2. The van der Waals surface area contributed by atoms with Crippen molar-refractivity contribution in [3.63, 3.8) is 0 Å². The average Bonchev–Trinajstić information content (AvgIpc) is 3.23. The Hall–Kier alpha value is -2.95. The SMILES string of the molecule is Nc1nc(=O)c2ncn([C@H]3C[C@H](O)[C@@H](CO)O3)c2n1Nc1ccccc1. The number of nitrogens with zero attached hydrogens (tertiary/aromatic N) is 4. The molecule has 0 aliphatic carbocycles. The van der Waals surface area contributed by atoms with E-state index in [4.69, 9.17) is 10.5 Å². The molecule has 1 fully saturated rings. The quantitative estimate of drug-likeness (QED) is 0.498. The van der Waals surface area contributed by atoms with Crippen molar-refractivity contribution < 1.29 is 14.9 Å². The Morgan fingerprint density at radius 1 is 1.35 bits per heavy atom. The monoisotopic (exact) mass is 358 g/mol. The lowest BCUT2D eigenvalue weighted by Gasteiger charge is -2.18. The van der Waals surface area contributed by atoms with Gasteiger partial charge in [0.1, 0.15) is 12.3 Å². The average molecular weight is 358 g/mol. The van der Waals surface area contributed by atoms with Crippen LogP contribution in [0.4, 0.5) is 11.6 Å². The molecule has 1 saturated heterocycles. The van der Waals surface area contributed by atoms with Gasteiger partial charge in [0.05, 0.1) is 24.7 Å². The number of fused-ring (bicyclic) bond motifs is 1. The van der Waals surface area contributed by atoms with Crippen molar-refractivity contribution >= 4 is 22.8 Å². The molecule has 3 heterocycles. The summed E-state index contributed by atoms with van der Waals surface area (Å²) in [6.07, 6.45) is -0.425. The first-order valence-corrected chi connectivity index (χ1v) is 8.10. The van der Waals surface area contributed by atoms with E-state index in [9.17, 15) is 15.0 Å². The van der Waals surface area contributed by atoms with Crippen molar-refractivity contribution in [2.24, 2.45) is 0 Å². The zero-order chi connectivity index (χ0) is 18.3. The van der Waals surface area contributed by atoms with E-state index in [0.717, 1.165) is 5.69 Å². The van der Waals surface area contributed by atoms with E-state index in [2.05, 4.69) is 15.4 Å². The van der Waals surface area contributed by atoms with E-state index in [-0.39, 0.29) is 24.5 Å². The van der Waals surface area contributed by atoms with Crippen LogP contribution in [-0.4, -0.2) is 48.2 Å². The van der Waals surface area contributed by atoms with Gasteiger partial charge in [-0.2, -0.15) is 4.98 Å². The van der Waals surface area contributed by atoms with Crippen molar-refractivity contribution in [1.82, 2.24) is 19.2 Å². The predicted molar refractivity (Wildman–Crippen MR) is 93.3 cm³/mol. The number of ether oxygens (including phenoxy) is 1. The molecule has 0 spiro atoms. The first-order chi connectivity index (χ1) is 12.6. The predicted octanol–water partition coefficient (Wildman–Crippen LogP) is -0.309. The molecule has 3 aromatic rings.